The minimum Gasteiger partial charge on any atom is -0.490 e. The number of benzene rings is 1. The van der Waals surface area contributed by atoms with Crippen LogP contribution in [-0.4, -0.2) is 36.7 Å². The first-order valence-electron chi connectivity index (χ1n) is 6.30. The zero-order valence-electron chi connectivity index (χ0n) is 11.8. The van der Waals surface area contributed by atoms with Gasteiger partial charge in [-0.1, -0.05) is 0 Å². The number of aromatic carboxylic acids is 1. The lowest BCUT2D eigenvalue weighted by Crippen LogP contribution is -2.22. The molecular formula is C14H18O6. The topological polar surface area (TPSA) is 74.2 Å². The molecule has 1 heterocycles. The molecule has 110 valence electrons. The first-order chi connectivity index (χ1) is 9.37. The molecule has 6 nitrogen and oxygen atoms in total. The maximum absolute atomic E-state index is 11.2. The first-order valence-corrected chi connectivity index (χ1v) is 6.30. The van der Waals surface area contributed by atoms with Gasteiger partial charge in [-0.15, -0.1) is 0 Å². The van der Waals surface area contributed by atoms with Crippen LogP contribution < -0.4 is 14.2 Å². The van der Waals surface area contributed by atoms with E-state index in [-0.39, 0.29) is 30.3 Å². The van der Waals surface area contributed by atoms with Crippen molar-refractivity contribution in [3.63, 3.8) is 0 Å². The summed E-state index contributed by atoms with van der Waals surface area (Å²) in [5.74, 6) is 0.0803. The number of ether oxygens (including phenoxy) is 4. The SMILES string of the molecule is CC(C)(C)OCCOc1cc2c(cc1C(=O)O)OCO2. The predicted molar refractivity (Wildman–Crippen MR) is 70.7 cm³/mol. The molecule has 0 fully saturated rings. The summed E-state index contributed by atoms with van der Waals surface area (Å²) in [6.07, 6.45) is 0. The van der Waals surface area contributed by atoms with Crippen LogP contribution in [0.5, 0.6) is 17.2 Å². The fourth-order valence-corrected chi connectivity index (χ4v) is 1.71. The number of carboxylic acids is 1. The van der Waals surface area contributed by atoms with Crippen molar-refractivity contribution in [2.75, 3.05) is 20.0 Å². The Morgan fingerprint density at radius 3 is 2.50 bits per heavy atom. The highest BCUT2D eigenvalue weighted by atomic mass is 16.7. The Labute approximate surface area is 117 Å². The highest BCUT2D eigenvalue weighted by Gasteiger charge is 2.21. The van der Waals surface area contributed by atoms with Gasteiger partial charge in [-0.25, -0.2) is 4.79 Å². The molecule has 1 aliphatic heterocycles. The summed E-state index contributed by atoms with van der Waals surface area (Å²) in [6.45, 7) is 6.54. The van der Waals surface area contributed by atoms with Gasteiger partial charge in [-0.3, -0.25) is 0 Å². The standard InChI is InChI=1S/C14H18O6/c1-14(2,3)20-5-4-17-10-7-12-11(18-8-19-12)6-9(10)13(15)16/h6-7H,4-5,8H2,1-3H3,(H,15,16). The van der Waals surface area contributed by atoms with Gasteiger partial charge in [0.1, 0.15) is 17.9 Å². The molecule has 0 atom stereocenters. The van der Waals surface area contributed by atoms with E-state index in [1.54, 1.807) is 0 Å². The molecule has 1 aliphatic rings. The van der Waals surface area contributed by atoms with Crippen LogP contribution in [0.4, 0.5) is 0 Å². The van der Waals surface area contributed by atoms with Crippen LogP contribution in [0.1, 0.15) is 31.1 Å². The summed E-state index contributed by atoms with van der Waals surface area (Å²) in [4.78, 5) is 11.2. The Bertz CT molecular complexity index is 503. The second-order valence-electron chi connectivity index (χ2n) is 5.32. The fraction of sp³-hybridized carbons (Fsp3) is 0.500. The largest absolute Gasteiger partial charge is 0.490 e. The summed E-state index contributed by atoms with van der Waals surface area (Å²) in [7, 11) is 0. The summed E-state index contributed by atoms with van der Waals surface area (Å²) in [5, 5.41) is 9.18. The highest BCUT2D eigenvalue weighted by Crippen LogP contribution is 2.38. The van der Waals surface area contributed by atoms with Gasteiger partial charge in [0, 0.05) is 12.1 Å². The number of carboxylic acid groups (broad SMARTS) is 1. The molecular weight excluding hydrogens is 264 g/mol. The molecule has 0 radical (unpaired) electrons. The van der Waals surface area contributed by atoms with E-state index in [2.05, 4.69) is 0 Å². The molecule has 0 amide bonds. The van der Waals surface area contributed by atoms with Crippen molar-refractivity contribution >= 4 is 5.97 Å². The van der Waals surface area contributed by atoms with Crippen molar-refractivity contribution in [3.8, 4) is 17.2 Å². The lowest BCUT2D eigenvalue weighted by atomic mass is 10.2. The molecule has 0 unspecified atom stereocenters. The quantitative estimate of drug-likeness (QED) is 0.835. The monoisotopic (exact) mass is 282 g/mol. The minimum absolute atomic E-state index is 0.0463. The van der Waals surface area contributed by atoms with Gasteiger partial charge in [-0.2, -0.15) is 0 Å². The third kappa shape index (κ3) is 3.54. The molecule has 0 aliphatic carbocycles. The first kappa shape index (κ1) is 14.5. The van der Waals surface area contributed by atoms with E-state index in [1.807, 2.05) is 20.8 Å². The average Bonchev–Trinajstić information content (AvgIpc) is 2.79. The van der Waals surface area contributed by atoms with Crippen molar-refractivity contribution < 1.29 is 28.8 Å². The van der Waals surface area contributed by atoms with Gasteiger partial charge in [0.2, 0.25) is 6.79 Å². The van der Waals surface area contributed by atoms with Crippen LogP contribution in [0, 0.1) is 0 Å². The highest BCUT2D eigenvalue weighted by molar-refractivity contribution is 5.92. The van der Waals surface area contributed by atoms with Gasteiger partial charge in [0.05, 0.1) is 12.2 Å². The Morgan fingerprint density at radius 1 is 1.25 bits per heavy atom. The molecule has 1 aromatic rings. The molecule has 0 aromatic heterocycles. The van der Waals surface area contributed by atoms with Crippen molar-refractivity contribution in [2.24, 2.45) is 0 Å². The lowest BCUT2D eigenvalue weighted by Gasteiger charge is -2.19. The maximum Gasteiger partial charge on any atom is 0.339 e. The predicted octanol–water partition coefficient (Wildman–Crippen LogP) is 2.31. The number of carbonyl (C=O) groups is 1. The molecule has 0 bridgehead atoms. The number of rotatable bonds is 5. The molecule has 0 saturated heterocycles. The van der Waals surface area contributed by atoms with E-state index in [0.29, 0.717) is 18.1 Å². The molecule has 1 aromatic carbocycles. The van der Waals surface area contributed by atoms with Crippen molar-refractivity contribution in [2.45, 2.75) is 26.4 Å². The summed E-state index contributed by atoms with van der Waals surface area (Å²) < 4.78 is 21.4. The molecule has 0 saturated carbocycles. The third-order valence-corrected chi connectivity index (χ3v) is 2.58. The molecule has 6 heteroatoms. The molecule has 1 N–H and O–H groups in total. The Kier molecular flexibility index (Phi) is 4.04. The van der Waals surface area contributed by atoms with E-state index in [1.165, 1.54) is 12.1 Å². The second kappa shape index (κ2) is 5.58. The maximum atomic E-state index is 11.2. The van der Waals surface area contributed by atoms with Crippen LogP contribution >= 0.6 is 0 Å². The van der Waals surface area contributed by atoms with Gasteiger partial charge in [0.15, 0.2) is 11.5 Å². The van der Waals surface area contributed by atoms with Crippen molar-refractivity contribution in [1.29, 1.82) is 0 Å². The van der Waals surface area contributed by atoms with Gasteiger partial charge in [-0.05, 0) is 20.8 Å². The molecule has 2 rings (SSSR count). The number of hydrogen-bond donors (Lipinski definition) is 1. The summed E-state index contributed by atoms with van der Waals surface area (Å²) >= 11 is 0. The molecule has 0 spiro atoms. The van der Waals surface area contributed by atoms with E-state index in [9.17, 15) is 9.90 Å². The van der Waals surface area contributed by atoms with Gasteiger partial charge < -0.3 is 24.1 Å². The van der Waals surface area contributed by atoms with Crippen LogP contribution in [-0.2, 0) is 4.74 Å². The summed E-state index contributed by atoms with van der Waals surface area (Å²) in [5.41, 5.74) is -0.210. The van der Waals surface area contributed by atoms with Gasteiger partial charge >= 0.3 is 5.97 Å². The second-order valence-corrected chi connectivity index (χ2v) is 5.32. The number of hydrogen-bond acceptors (Lipinski definition) is 5. The van der Waals surface area contributed by atoms with Crippen molar-refractivity contribution in [3.05, 3.63) is 17.7 Å². The summed E-state index contributed by atoms with van der Waals surface area (Å²) in [6, 6.07) is 2.94. The average molecular weight is 282 g/mol. The van der Waals surface area contributed by atoms with E-state index < -0.39 is 5.97 Å². The van der Waals surface area contributed by atoms with Crippen molar-refractivity contribution in [1.82, 2.24) is 0 Å². The normalized spacial score (nSPS) is 13.3. The van der Waals surface area contributed by atoms with Gasteiger partial charge in [0.25, 0.3) is 0 Å². The van der Waals surface area contributed by atoms with Crippen LogP contribution in [0.25, 0.3) is 0 Å². The Morgan fingerprint density at radius 2 is 1.90 bits per heavy atom. The van der Waals surface area contributed by atoms with Crippen LogP contribution in [0.15, 0.2) is 12.1 Å². The minimum atomic E-state index is -1.07. The van der Waals surface area contributed by atoms with E-state index in [0.717, 1.165) is 0 Å². The van der Waals surface area contributed by atoms with Crippen LogP contribution in [0.2, 0.25) is 0 Å². The Balaban J connectivity index is 2.05. The lowest BCUT2D eigenvalue weighted by molar-refractivity contribution is -0.0164. The zero-order valence-corrected chi connectivity index (χ0v) is 11.8. The van der Waals surface area contributed by atoms with E-state index in [4.69, 9.17) is 18.9 Å². The smallest absolute Gasteiger partial charge is 0.339 e. The van der Waals surface area contributed by atoms with E-state index >= 15 is 0 Å². The number of fused-ring (bicyclic) bond motifs is 1. The fourth-order valence-electron chi connectivity index (χ4n) is 1.71. The third-order valence-electron chi connectivity index (χ3n) is 2.58. The Hall–Kier alpha value is -1.95. The molecule has 20 heavy (non-hydrogen) atoms. The zero-order chi connectivity index (χ0) is 14.8. The van der Waals surface area contributed by atoms with Crippen LogP contribution in [0.3, 0.4) is 0 Å².